The van der Waals surface area contributed by atoms with Crippen LogP contribution in [0.15, 0.2) is 148 Å². The maximum atomic E-state index is 6.34. The molecule has 0 heterocycles. The van der Waals surface area contributed by atoms with E-state index in [0.717, 1.165) is 108 Å². The third-order valence-corrected chi connectivity index (χ3v) is 59.9. The van der Waals surface area contributed by atoms with Gasteiger partial charge >= 0.3 is 51.4 Å². The zero-order chi connectivity index (χ0) is 94.7. The third-order valence-electron chi connectivity index (χ3n) is 23.9. The third kappa shape index (κ3) is 60.5. The van der Waals surface area contributed by atoms with E-state index in [-0.39, 0.29) is 235 Å². The molecule has 0 bridgehead atoms. The summed E-state index contributed by atoms with van der Waals surface area (Å²) >= 11 is 0. The van der Waals surface area contributed by atoms with Crippen molar-refractivity contribution in [1.29, 1.82) is 0 Å². The molecule has 0 saturated heterocycles. The standard InChI is InChI=1S/C26H35P2.2C20H35P2.C20H34P2.C19H33OP2.C3H6.2C2H4.3CH3.5Ir.K.H2O/c1-17(2)27(18(3)4)25-13-9-11-21-15-22-12-10-14-26(24(22)16-23(21)25)28(19(5)6)20(7)8;3*1-15(2)21(16(3)4)13-19-10-9-11-20(12-19)14-22(17(5)6)18(7)8;1-14(2)21(15(3)4)13-18-10-9-11-19(12-18)20-22(16(5)6)17(7)8;1-3-2;2*1-2;;;;;;;;;;/h9-15,17-20H,1-8H3;2*9-11,15-18H,13-14H2,1-8H3;10-11,15-18H,13-14H2,1-8H3;9-11,14-17H,13H2,1-8H3;3H,1H2,2H3;2*1-2H2;3*1H3;;;;;;;1H2/q3*-1;-2;-1;;;;3*-1;;;;;;+1;/p+9. The molecule has 773 valence electrons. The van der Waals surface area contributed by atoms with E-state index in [1.54, 1.807) is 16.7 Å². The van der Waals surface area contributed by atoms with Crippen LogP contribution in [-0.2, 0) is 144 Å². The zero-order valence-electron chi connectivity index (χ0n) is 93.5. The predicted molar refractivity (Wildman–Crippen MR) is 631 cm³/mol. The van der Waals surface area contributed by atoms with Gasteiger partial charge < -0.3 is 44.4 Å². The second-order valence-corrected chi connectivity index (χ2v) is 78.1. The zero-order valence-corrected chi connectivity index (χ0v) is 119. The molecule has 0 aliphatic rings. The van der Waals surface area contributed by atoms with Gasteiger partial charge in [-0.2, -0.15) is 60.7 Å². The van der Waals surface area contributed by atoms with Crippen LogP contribution in [0.4, 0.5) is 0 Å². The van der Waals surface area contributed by atoms with Crippen molar-refractivity contribution in [3.05, 3.63) is 246 Å². The molecule has 0 atom stereocenters. The minimum Gasteiger partial charge on any atom is -0.870 e. The van der Waals surface area contributed by atoms with E-state index in [1.165, 1.54) is 104 Å². The van der Waals surface area contributed by atoms with Gasteiger partial charge in [-0.25, -0.2) is 11.1 Å². The van der Waals surface area contributed by atoms with Crippen molar-refractivity contribution in [3.8, 4) is 5.75 Å². The van der Waals surface area contributed by atoms with Crippen LogP contribution < -0.4 is 66.5 Å². The van der Waals surface area contributed by atoms with Gasteiger partial charge in [-0.15, -0.1) is 85.0 Å². The van der Waals surface area contributed by atoms with Gasteiger partial charge in [0.1, 0.15) is 0 Å². The monoisotopic (exact) mass is 2930 g/mol. The quantitative estimate of drug-likeness (QED) is 0.0127. The summed E-state index contributed by atoms with van der Waals surface area (Å²) in [5.74, 6) is 0.961. The van der Waals surface area contributed by atoms with Crippen molar-refractivity contribution >= 4 is 112 Å². The van der Waals surface area contributed by atoms with Gasteiger partial charge in [0.15, 0.2) is 8.15 Å². The van der Waals surface area contributed by atoms with Crippen LogP contribution in [-0.4, -0.2) is 119 Å². The molecule has 7 rings (SSSR count). The first-order valence-electron chi connectivity index (χ1n) is 48.2. The molecule has 133 heavy (non-hydrogen) atoms. The minimum atomic E-state index is -0.831. The molecule has 0 aliphatic carbocycles. The first-order chi connectivity index (χ1) is 57.5. The van der Waals surface area contributed by atoms with E-state index < -0.39 is 24.0 Å². The number of allylic oxidation sites excluding steroid dienone is 1. The van der Waals surface area contributed by atoms with Gasteiger partial charge in [0, 0.05) is 179 Å². The van der Waals surface area contributed by atoms with Crippen LogP contribution >= 0.6 is 79.4 Å². The van der Waals surface area contributed by atoms with Crippen LogP contribution in [0.5, 0.6) is 5.75 Å². The fraction of sp³-hybridized carbons (Fsp3) is 0.591. The number of hydrogen-bond acceptors (Lipinski definition) is 2. The molecule has 5 radical (unpaired) electrons. The normalized spacial score (nSPS) is 11.2. The summed E-state index contributed by atoms with van der Waals surface area (Å²) in [5.41, 5.74) is 25.8. The Hall–Kier alpha value is 3.22. The molecule has 0 aromatic heterocycles. The van der Waals surface area contributed by atoms with Gasteiger partial charge in [0.2, 0.25) is 0 Å². The fourth-order valence-electron chi connectivity index (χ4n) is 18.0. The van der Waals surface area contributed by atoms with E-state index >= 15 is 0 Å². The molecule has 7 aromatic rings. The second-order valence-electron chi connectivity index (χ2n) is 40.6. The summed E-state index contributed by atoms with van der Waals surface area (Å²) in [5, 5.41) is 8.63. The summed E-state index contributed by atoms with van der Waals surface area (Å²) in [6.07, 6.45) is 10.5. The number of hydrogen-bond donors (Lipinski definition) is 0. The molecule has 0 amide bonds. The molecular formula is C115H206Ir5KO2P10+. The number of benzene rings is 7. The van der Waals surface area contributed by atoms with Gasteiger partial charge in [-0.1, -0.05) is 64.0 Å². The van der Waals surface area contributed by atoms with E-state index in [2.05, 4.69) is 455 Å². The Bertz CT molecular complexity index is 3320. The molecule has 0 aliphatic heterocycles. The maximum Gasteiger partial charge on any atom is 1.00 e. The molecule has 1 N–H and O–H groups in total. The molecule has 18 heteroatoms. The van der Waals surface area contributed by atoms with Crippen molar-refractivity contribution in [2.24, 2.45) is 0 Å². The van der Waals surface area contributed by atoms with Gasteiger partial charge in [0.25, 0.3) is 0 Å². The van der Waals surface area contributed by atoms with Crippen LogP contribution in [0.25, 0.3) is 21.5 Å². The number of rotatable bonds is 38. The average molecular weight is 2930 g/mol. The summed E-state index contributed by atoms with van der Waals surface area (Å²) in [4.78, 5) is 0. The SMILES string of the molecule is C=C.C=C.C=CC.CC(C)[PH+](Cc1[c-]c(C[PH+](C(C)C)C(C)C)c[c-]c1)C(C)C.CC(C)[PH+](Cc1[c-]c(C[PH+](C(C)C)C(C)C)ccc1)C(C)C.CC(C)[PH+](Cc1[c-]c(C[PH+](C(C)C)C(C)C)ccc1)C(C)C.CC(C)[PH+](Cc1[c-]c(O[PH+](C(C)C)C(C)C)ccc1)C(C)C.CC(C)[PH+](c1cccc2cc3cccc([PH+](C(C)C)C(C)C)c3[c-]c12)C(C)C.[CH3-].[CH3-].[CH3-].[Ir].[Ir].[Ir].[Ir].[Ir].[K+].[OH-]. The first kappa shape index (κ1) is 159. The minimum absolute atomic E-state index is 0. The molecule has 0 saturated carbocycles. The summed E-state index contributed by atoms with van der Waals surface area (Å²) in [6.45, 7) is 113. The van der Waals surface area contributed by atoms with E-state index in [0.29, 0.717) is 11.3 Å². The predicted octanol–water partition coefficient (Wildman–Crippen LogP) is 33.9. The fourth-order valence-corrected chi connectivity index (χ4v) is 46.5. The van der Waals surface area contributed by atoms with E-state index in [1.807, 2.05) is 6.92 Å². The molecule has 0 spiro atoms. The number of fused-ring (bicyclic) bond motifs is 2. The molecule has 7 aromatic carbocycles. The van der Waals surface area contributed by atoms with Crippen LogP contribution in [0.2, 0.25) is 0 Å². The smallest absolute Gasteiger partial charge is 0.870 e. The van der Waals surface area contributed by atoms with Crippen molar-refractivity contribution in [2.75, 3.05) is 0 Å². The molecular weight excluding hydrogens is 2720 g/mol. The molecule has 0 unspecified atom stereocenters. The largest absolute Gasteiger partial charge is 1.00 e. The van der Waals surface area contributed by atoms with E-state index in [9.17, 15) is 0 Å². The van der Waals surface area contributed by atoms with Crippen LogP contribution in [0, 0.1) is 58.7 Å². The Morgan fingerprint density at radius 3 is 0.662 bits per heavy atom. The Labute approximate surface area is 953 Å². The Morgan fingerprint density at radius 1 is 0.271 bits per heavy atom. The van der Waals surface area contributed by atoms with Crippen LogP contribution in [0.3, 0.4) is 0 Å². The van der Waals surface area contributed by atoms with Gasteiger partial charge in [0.05, 0.1) is 150 Å². The van der Waals surface area contributed by atoms with Crippen molar-refractivity contribution < 1.29 is 162 Å². The molecule has 2 nitrogen and oxygen atoms in total. The Balaban J connectivity index is -0.000000150. The summed E-state index contributed by atoms with van der Waals surface area (Å²) in [6, 6.07) is 63.0. The Morgan fingerprint density at radius 2 is 0.459 bits per heavy atom. The Kier molecular flexibility index (Phi) is 103. The van der Waals surface area contributed by atoms with Gasteiger partial charge in [-0.3, -0.25) is 12.1 Å². The summed E-state index contributed by atoms with van der Waals surface area (Å²) in [7, 11) is -4.51. The van der Waals surface area contributed by atoms with Crippen LogP contribution in [0.1, 0.15) is 323 Å². The van der Waals surface area contributed by atoms with Crippen molar-refractivity contribution in [2.45, 2.75) is 440 Å². The first-order valence-corrected chi connectivity index (χ1v) is 66.1. The van der Waals surface area contributed by atoms with Crippen molar-refractivity contribution in [1.82, 2.24) is 0 Å². The summed E-state index contributed by atoms with van der Waals surface area (Å²) < 4.78 is 6.34. The van der Waals surface area contributed by atoms with Crippen molar-refractivity contribution in [3.63, 3.8) is 0 Å². The van der Waals surface area contributed by atoms with Gasteiger partial charge in [-0.05, 0) is 300 Å². The second kappa shape index (κ2) is 86.1. The topological polar surface area (TPSA) is 39.2 Å². The maximum absolute atomic E-state index is 6.34. The molecule has 0 fully saturated rings. The van der Waals surface area contributed by atoms with E-state index in [4.69, 9.17) is 4.52 Å². The average Bonchev–Trinajstić information content (AvgIpc) is 0.757.